The van der Waals surface area contributed by atoms with Crippen molar-refractivity contribution in [3.63, 3.8) is 0 Å². The molecule has 0 radical (unpaired) electrons. The number of methoxy groups -OCH3 is 2. The maximum Gasteiger partial charge on any atom is 0.306 e. The molecule has 0 N–H and O–H groups in total. The van der Waals surface area contributed by atoms with E-state index in [1.165, 1.54) is 13.2 Å². The van der Waals surface area contributed by atoms with Gasteiger partial charge in [0.05, 0.1) is 30.8 Å². The SMILES string of the molecule is COCCCS(=O)(=O)c1cc(C)c(-c2ccc(F)c3c2CCC3Oc2ccc3c(c2)OCC3CC(=O)OC)c(C)c1. The van der Waals surface area contributed by atoms with Crippen molar-refractivity contribution in [2.45, 2.75) is 56.4 Å². The lowest BCUT2D eigenvalue weighted by Crippen LogP contribution is -2.10. The first-order valence-electron chi connectivity index (χ1n) is 13.8. The van der Waals surface area contributed by atoms with Crippen molar-refractivity contribution in [1.82, 2.24) is 0 Å². The highest BCUT2D eigenvalue weighted by Crippen LogP contribution is 2.45. The van der Waals surface area contributed by atoms with Gasteiger partial charge < -0.3 is 18.9 Å². The molecule has 0 saturated carbocycles. The Balaban J connectivity index is 1.41. The Morgan fingerprint density at radius 3 is 2.54 bits per heavy atom. The van der Waals surface area contributed by atoms with Crippen molar-refractivity contribution >= 4 is 15.8 Å². The third-order valence-electron chi connectivity index (χ3n) is 7.96. The highest BCUT2D eigenvalue weighted by molar-refractivity contribution is 7.91. The monoisotopic (exact) mass is 582 g/mol. The molecule has 1 aliphatic heterocycles. The first-order chi connectivity index (χ1) is 19.6. The Hall–Kier alpha value is -3.43. The van der Waals surface area contributed by atoms with Gasteiger partial charge in [-0.05, 0) is 85.2 Å². The molecule has 1 aliphatic carbocycles. The molecular weight excluding hydrogens is 547 g/mol. The lowest BCUT2D eigenvalue weighted by atomic mass is 9.90. The summed E-state index contributed by atoms with van der Waals surface area (Å²) in [5, 5.41) is 0. The third kappa shape index (κ3) is 5.83. The number of benzene rings is 3. The minimum absolute atomic E-state index is 0.0176. The molecule has 2 unspecified atom stereocenters. The van der Waals surface area contributed by atoms with Gasteiger partial charge in [-0.2, -0.15) is 0 Å². The van der Waals surface area contributed by atoms with Crippen LogP contribution in [0.1, 0.15) is 59.1 Å². The van der Waals surface area contributed by atoms with Gasteiger partial charge in [0.15, 0.2) is 9.84 Å². The van der Waals surface area contributed by atoms with Crippen molar-refractivity contribution in [2.75, 3.05) is 33.2 Å². The van der Waals surface area contributed by atoms with Crippen LogP contribution in [0.5, 0.6) is 11.5 Å². The fourth-order valence-electron chi connectivity index (χ4n) is 6.01. The van der Waals surface area contributed by atoms with Gasteiger partial charge in [0.25, 0.3) is 0 Å². The van der Waals surface area contributed by atoms with E-state index in [4.69, 9.17) is 18.9 Å². The second kappa shape index (κ2) is 11.8. The summed E-state index contributed by atoms with van der Waals surface area (Å²) in [7, 11) is -0.526. The summed E-state index contributed by atoms with van der Waals surface area (Å²) in [6.45, 7) is 4.57. The maximum absolute atomic E-state index is 15.3. The largest absolute Gasteiger partial charge is 0.492 e. The Kier molecular flexibility index (Phi) is 8.38. The molecule has 0 amide bonds. The van der Waals surface area contributed by atoms with Crippen LogP contribution in [0, 0.1) is 19.7 Å². The quantitative estimate of drug-likeness (QED) is 0.213. The molecule has 9 heteroatoms. The number of esters is 1. The number of rotatable bonds is 10. The summed E-state index contributed by atoms with van der Waals surface area (Å²) in [4.78, 5) is 12.0. The number of fused-ring (bicyclic) bond motifs is 2. The fourth-order valence-corrected chi connectivity index (χ4v) is 7.46. The van der Waals surface area contributed by atoms with E-state index >= 15 is 4.39 Å². The number of carbonyl (C=O) groups is 1. The molecule has 3 aromatic carbocycles. The van der Waals surface area contributed by atoms with Crippen molar-refractivity contribution < 1.29 is 36.6 Å². The first kappa shape index (κ1) is 29.1. The van der Waals surface area contributed by atoms with Crippen LogP contribution in [-0.4, -0.2) is 47.6 Å². The molecule has 7 nitrogen and oxygen atoms in total. The van der Waals surface area contributed by atoms with E-state index in [0.29, 0.717) is 54.4 Å². The third-order valence-corrected chi connectivity index (χ3v) is 9.74. The Labute approximate surface area is 240 Å². The summed E-state index contributed by atoms with van der Waals surface area (Å²) in [6.07, 6.45) is 1.43. The topological polar surface area (TPSA) is 88.1 Å². The zero-order chi connectivity index (χ0) is 29.3. The molecule has 0 spiro atoms. The molecule has 0 fully saturated rings. The van der Waals surface area contributed by atoms with Crippen LogP contribution in [0.25, 0.3) is 11.1 Å². The van der Waals surface area contributed by atoms with E-state index in [0.717, 1.165) is 33.4 Å². The Morgan fingerprint density at radius 1 is 1.07 bits per heavy atom. The molecule has 0 saturated heterocycles. The van der Waals surface area contributed by atoms with Gasteiger partial charge in [-0.25, -0.2) is 12.8 Å². The fraction of sp³-hybridized carbons (Fsp3) is 0.406. The number of sulfone groups is 1. The summed E-state index contributed by atoms with van der Waals surface area (Å²) >= 11 is 0. The second-order valence-electron chi connectivity index (χ2n) is 10.7. The predicted octanol–water partition coefficient (Wildman–Crippen LogP) is 6.03. The molecule has 5 rings (SSSR count). The maximum atomic E-state index is 15.3. The van der Waals surface area contributed by atoms with Gasteiger partial charge in [0.1, 0.15) is 23.4 Å². The van der Waals surface area contributed by atoms with E-state index in [1.807, 2.05) is 26.0 Å². The van der Waals surface area contributed by atoms with Gasteiger partial charge >= 0.3 is 5.97 Å². The van der Waals surface area contributed by atoms with Crippen LogP contribution in [0.15, 0.2) is 47.4 Å². The van der Waals surface area contributed by atoms with Crippen LogP contribution < -0.4 is 9.47 Å². The Bertz CT molecular complexity index is 1560. The number of hydrogen-bond donors (Lipinski definition) is 0. The number of carbonyl (C=O) groups excluding carboxylic acids is 1. The van der Waals surface area contributed by atoms with E-state index < -0.39 is 15.9 Å². The van der Waals surface area contributed by atoms with Crippen molar-refractivity contribution in [2.24, 2.45) is 0 Å². The molecule has 2 aliphatic rings. The minimum Gasteiger partial charge on any atom is -0.492 e. The Morgan fingerprint density at radius 2 is 1.83 bits per heavy atom. The summed E-state index contributed by atoms with van der Waals surface area (Å²) in [6, 6.07) is 12.2. The van der Waals surface area contributed by atoms with Crippen LogP contribution >= 0.6 is 0 Å². The molecule has 3 aromatic rings. The molecule has 0 bridgehead atoms. The molecule has 1 heterocycles. The van der Waals surface area contributed by atoms with Crippen LogP contribution in [0.2, 0.25) is 0 Å². The molecule has 41 heavy (non-hydrogen) atoms. The number of hydrogen-bond acceptors (Lipinski definition) is 7. The zero-order valence-electron chi connectivity index (χ0n) is 23.8. The van der Waals surface area contributed by atoms with Crippen LogP contribution in [0.3, 0.4) is 0 Å². The predicted molar refractivity (Wildman–Crippen MR) is 153 cm³/mol. The standard InChI is InChI=1S/C32H35FO7S/c1-19-14-23(41(35,36)13-5-12-37-3)15-20(2)31(19)25-8-10-27(33)32-26(25)9-11-28(32)40-22-6-7-24-21(16-30(34)38-4)18-39-29(24)17-22/h6-8,10,14-15,17,21,28H,5,9,11-13,16,18H2,1-4H3. The van der Waals surface area contributed by atoms with Crippen molar-refractivity contribution in [3.05, 3.63) is 76.1 Å². The minimum atomic E-state index is -3.45. The normalized spacial score (nSPS) is 17.6. The van der Waals surface area contributed by atoms with E-state index in [-0.39, 0.29) is 29.9 Å². The van der Waals surface area contributed by atoms with Gasteiger partial charge in [-0.3, -0.25) is 4.79 Å². The lowest BCUT2D eigenvalue weighted by Gasteiger charge is -2.19. The molecule has 218 valence electrons. The van der Waals surface area contributed by atoms with Crippen LogP contribution in [0.4, 0.5) is 4.39 Å². The van der Waals surface area contributed by atoms with E-state index in [2.05, 4.69) is 0 Å². The summed E-state index contributed by atoms with van der Waals surface area (Å²) < 4.78 is 63.0. The average Bonchev–Trinajstić information content (AvgIpc) is 3.54. The summed E-state index contributed by atoms with van der Waals surface area (Å²) in [5.41, 5.74) is 5.80. The molecule has 0 aromatic heterocycles. The van der Waals surface area contributed by atoms with Gasteiger partial charge in [-0.15, -0.1) is 0 Å². The second-order valence-corrected chi connectivity index (χ2v) is 12.8. The number of halogens is 1. The van der Waals surface area contributed by atoms with Gasteiger partial charge in [-0.1, -0.05) is 12.1 Å². The van der Waals surface area contributed by atoms with Gasteiger partial charge in [0, 0.05) is 36.8 Å². The van der Waals surface area contributed by atoms with E-state index in [1.54, 1.807) is 31.4 Å². The lowest BCUT2D eigenvalue weighted by molar-refractivity contribution is -0.141. The highest BCUT2D eigenvalue weighted by Gasteiger charge is 2.32. The van der Waals surface area contributed by atoms with Crippen LogP contribution in [-0.2, 0) is 30.5 Å². The first-order valence-corrected chi connectivity index (χ1v) is 15.4. The zero-order valence-corrected chi connectivity index (χ0v) is 24.6. The van der Waals surface area contributed by atoms with Crippen molar-refractivity contribution in [3.8, 4) is 22.6 Å². The van der Waals surface area contributed by atoms with Crippen molar-refractivity contribution in [1.29, 1.82) is 0 Å². The number of aryl methyl sites for hydroxylation is 2. The smallest absolute Gasteiger partial charge is 0.306 e. The summed E-state index contributed by atoms with van der Waals surface area (Å²) in [5.74, 6) is 0.563. The molecular formula is C32H35FO7S. The average molecular weight is 583 g/mol. The molecule has 2 atom stereocenters. The number of ether oxygens (including phenoxy) is 4. The highest BCUT2D eigenvalue weighted by atomic mass is 32.2. The van der Waals surface area contributed by atoms with E-state index in [9.17, 15) is 13.2 Å². The van der Waals surface area contributed by atoms with Gasteiger partial charge in [0.2, 0.25) is 0 Å².